The van der Waals surface area contributed by atoms with Gasteiger partial charge >= 0.3 is 0 Å². The lowest BCUT2D eigenvalue weighted by Gasteiger charge is -2.04. The van der Waals surface area contributed by atoms with E-state index in [4.69, 9.17) is 9.47 Å². The second-order valence-electron chi connectivity index (χ2n) is 5.07. The summed E-state index contributed by atoms with van der Waals surface area (Å²) in [4.78, 5) is 15.5. The van der Waals surface area contributed by atoms with E-state index in [0.717, 1.165) is 33.7 Å². The van der Waals surface area contributed by atoms with Gasteiger partial charge in [-0.2, -0.15) is 0 Å². The van der Waals surface area contributed by atoms with Crippen LogP contribution in [0.4, 0.5) is 0 Å². The fourth-order valence-electron chi connectivity index (χ4n) is 2.64. The first kappa shape index (κ1) is 14.2. The number of Topliss-reactive ketones (excluding diaryl/α,β-unsaturated/α-hetero) is 1. The molecule has 4 heteroatoms. The number of nitrogens with one attached hydrogen (secondary N) is 1. The maximum absolute atomic E-state index is 12.2. The van der Waals surface area contributed by atoms with Crippen LogP contribution in [0, 0.1) is 0 Å². The summed E-state index contributed by atoms with van der Waals surface area (Å²) in [5, 5.41) is 0.873. The molecule has 112 valence electrons. The SMILES string of the molecule is COc1ccc(-c2[nH]c3ccc(OC)cc3c2C(C)=O)cc1. The van der Waals surface area contributed by atoms with E-state index in [-0.39, 0.29) is 5.78 Å². The van der Waals surface area contributed by atoms with Crippen molar-refractivity contribution in [3.63, 3.8) is 0 Å². The highest BCUT2D eigenvalue weighted by atomic mass is 16.5. The van der Waals surface area contributed by atoms with Crippen molar-refractivity contribution in [2.24, 2.45) is 0 Å². The Labute approximate surface area is 128 Å². The van der Waals surface area contributed by atoms with E-state index in [1.807, 2.05) is 42.5 Å². The lowest BCUT2D eigenvalue weighted by atomic mass is 10.0. The summed E-state index contributed by atoms with van der Waals surface area (Å²) < 4.78 is 10.4. The Balaban J connectivity index is 2.23. The van der Waals surface area contributed by atoms with E-state index in [9.17, 15) is 4.79 Å². The molecule has 0 aliphatic carbocycles. The van der Waals surface area contributed by atoms with Crippen LogP contribution in [0.25, 0.3) is 22.2 Å². The predicted molar refractivity (Wildman–Crippen MR) is 86.8 cm³/mol. The highest BCUT2D eigenvalue weighted by Gasteiger charge is 2.17. The monoisotopic (exact) mass is 295 g/mol. The second-order valence-corrected chi connectivity index (χ2v) is 5.07. The minimum atomic E-state index is 0.0188. The number of methoxy groups -OCH3 is 2. The third-order valence-corrected chi connectivity index (χ3v) is 3.74. The molecule has 1 heterocycles. The second kappa shape index (κ2) is 5.56. The van der Waals surface area contributed by atoms with Gasteiger partial charge in [-0.3, -0.25) is 4.79 Å². The molecule has 0 amide bonds. The van der Waals surface area contributed by atoms with E-state index >= 15 is 0 Å². The number of ketones is 1. The van der Waals surface area contributed by atoms with Crippen LogP contribution in [0.3, 0.4) is 0 Å². The molecule has 0 bridgehead atoms. The first-order valence-electron chi connectivity index (χ1n) is 6.99. The summed E-state index contributed by atoms with van der Waals surface area (Å²) in [6, 6.07) is 13.3. The van der Waals surface area contributed by atoms with E-state index in [2.05, 4.69) is 4.98 Å². The summed E-state index contributed by atoms with van der Waals surface area (Å²) in [7, 11) is 3.25. The van der Waals surface area contributed by atoms with E-state index < -0.39 is 0 Å². The topological polar surface area (TPSA) is 51.3 Å². The quantitative estimate of drug-likeness (QED) is 0.739. The highest BCUT2D eigenvalue weighted by Crippen LogP contribution is 2.33. The zero-order valence-corrected chi connectivity index (χ0v) is 12.8. The summed E-state index contributed by atoms with van der Waals surface area (Å²) in [6.45, 7) is 1.58. The maximum atomic E-state index is 12.2. The standard InChI is InChI=1S/C18H17NO3/c1-11(20)17-15-10-14(22-3)8-9-16(15)19-18(17)12-4-6-13(21-2)7-5-12/h4-10,19H,1-3H3. The minimum Gasteiger partial charge on any atom is -0.497 e. The number of fused-ring (bicyclic) bond motifs is 1. The largest absolute Gasteiger partial charge is 0.497 e. The Kier molecular flexibility index (Phi) is 3.59. The van der Waals surface area contributed by atoms with Gasteiger partial charge in [-0.1, -0.05) is 0 Å². The van der Waals surface area contributed by atoms with Gasteiger partial charge in [-0.15, -0.1) is 0 Å². The molecule has 0 fully saturated rings. The van der Waals surface area contributed by atoms with E-state index in [1.54, 1.807) is 21.1 Å². The lowest BCUT2D eigenvalue weighted by Crippen LogP contribution is -1.94. The Bertz CT molecular complexity index is 831. The third-order valence-electron chi connectivity index (χ3n) is 3.74. The van der Waals surface area contributed by atoms with Crippen molar-refractivity contribution in [1.29, 1.82) is 0 Å². The van der Waals surface area contributed by atoms with Gasteiger partial charge in [-0.05, 0) is 55.0 Å². The number of hydrogen-bond donors (Lipinski definition) is 1. The maximum Gasteiger partial charge on any atom is 0.162 e. The van der Waals surface area contributed by atoms with Crippen LogP contribution in [-0.2, 0) is 0 Å². The van der Waals surface area contributed by atoms with Crippen molar-refractivity contribution in [3.8, 4) is 22.8 Å². The van der Waals surface area contributed by atoms with Crippen LogP contribution in [0.2, 0.25) is 0 Å². The summed E-state index contributed by atoms with van der Waals surface area (Å²) in [6.07, 6.45) is 0. The highest BCUT2D eigenvalue weighted by molar-refractivity contribution is 6.12. The summed E-state index contributed by atoms with van der Waals surface area (Å²) >= 11 is 0. The molecule has 0 aliphatic heterocycles. The average molecular weight is 295 g/mol. The van der Waals surface area contributed by atoms with Gasteiger partial charge in [0.2, 0.25) is 0 Å². The Morgan fingerprint density at radius 3 is 2.18 bits per heavy atom. The lowest BCUT2D eigenvalue weighted by molar-refractivity contribution is 0.102. The van der Waals surface area contributed by atoms with Crippen molar-refractivity contribution < 1.29 is 14.3 Å². The molecule has 1 aromatic heterocycles. The number of aromatic nitrogens is 1. The summed E-state index contributed by atoms with van der Waals surface area (Å²) in [5.74, 6) is 1.53. The van der Waals surface area contributed by atoms with Crippen molar-refractivity contribution in [2.45, 2.75) is 6.92 Å². The number of aromatic amines is 1. The first-order valence-corrected chi connectivity index (χ1v) is 6.99. The Morgan fingerprint density at radius 1 is 0.955 bits per heavy atom. The number of H-pyrrole nitrogens is 1. The molecule has 2 aromatic carbocycles. The number of carbonyl (C=O) groups excluding carboxylic acids is 1. The van der Waals surface area contributed by atoms with Gasteiger partial charge in [0.25, 0.3) is 0 Å². The first-order chi connectivity index (χ1) is 10.6. The van der Waals surface area contributed by atoms with Crippen LogP contribution >= 0.6 is 0 Å². The zero-order chi connectivity index (χ0) is 15.7. The van der Waals surface area contributed by atoms with Gasteiger partial charge in [0.15, 0.2) is 5.78 Å². The van der Waals surface area contributed by atoms with Crippen molar-refractivity contribution in [2.75, 3.05) is 14.2 Å². The van der Waals surface area contributed by atoms with E-state index in [1.165, 1.54) is 0 Å². The molecule has 0 aliphatic rings. The Hall–Kier alpha value is -2.75. The predicted octanol–water partition coefficient (Wildman–Crippen LogP) is 4.05. The smallest absolute Gasteiger partial charge is 0.162 e. The van der Waals surface area contributed by atoms with Crippen LogP contribution < -0.4 is 9.47 Å². The number of hydrogen-bond acceptors (Lipinski definition) is 3. The van der Waals surface area contributed by atoms with Gasteiger partial charge in [0, 0.05) is 10.9 Å². The molecule has 0 spiro atoms. The number of rotatable bonds is 4. The normalized spacial score (nSPS) is 10.7. The van der Waals surface area contributed by atoms with Crippen molar-refractivity contribution in [3.05, 3.63) is 48.0 Å². The van der Waals surface area contributed by atoms with Crippen LogP contribution in [0.15, 0.2) is 42.5 Å². The van der Waals surface area contributed by atoms with E-state index in [0.29, 0.717) is 5.56 Å². The van der Waals surface area contributed by atoms with Gasteiger partial charge < -0.3 is 14.5 Å². The molecular formula is C18H17NO3. The minimum absolute atomic E-state index is 0.0188. The fourth-order valence-corrected chi connectivity index (χ4v) is 2.64. The van der Waals surface area contributed by atoms with Crippen LogP contribution in [-0.4, -0.2) is 25.0 Å². The molecule has 0 radical (unpaired) electrons. The molecule has 3 aromatic rings. The average Bonchev–Trinajstić information content (AvgIpc) is 2.93. The van der Waals surface area contributed by atoms with Crippen molar-refractivity contribution in [1.82, 2.24) is 4.98 Å². The molecule has 1 N–H and O–H groups in total. The van der Waals surface area contributed by atoms with Crippen molar-refractivity contribution >= 4 is 16.7 Å². The zero-order valence-electron chi connectivity index (χ0n) is 12.8. The number of ether oxygens (including phenoxy) is 2. The molecule has 0 saturated carbocycles. The third kappa shape index (κ3) is 2.33. The molecule has 4 nitrogen and oxygen atoms in total. The number of carbonyl (C=O) groups is 1. The summed E-state index contributed by atoms with van der Waals surface area (Å²) in [5.41, 5.74) is 3.36. The molecule has 3 rings (SSSR count). The van der Waals surface area contributed by atoms with Gasteiger partial charge in [0.1, 0.15) is 11.5 Å². The molecular weight excluding hydrogens is 278 g/mol. The molecule has 0 saturated heterocycles. The Morgan fingerprint density at radius 2 is 1.59 bits per heavy atom. The molecule has 22 heavy (non-hydrogen) atoms. The molecule has 0 unspecified atom stereocenters. The van der Waals surface area contributed by atoms with Crippen LogP contribution in [0.5, 0.6) is 11.5 Å². The fraction of sp³-hybridized carbons (Fsp3) is 0.167. The van der Waals surface area contributed by atoms with Gasteiger partial charge in [-0.25, -0.2) is 0 Å². The number of benzene rings is 2. The molecule has 0 atom stereocenters. The van der Waals surface area contributed by atoms with Crippen LogP contribution in [0.1, 0.15) is 17.3 Å². The van der Waals surface area contributed by atoms with Gasteiger partial charge in [0.05, 0.1) is 25.5 Å².